The Bertz CT molecular complexity index is 353. The van der Waals surface area contributed by atoms with Gasteiger partial charge in [-0.25, -0.2) is 4.98 Å². The first-order valence-corrected chi connectivity index (χ1v) is 3.67. The zero-order valence-corrected chi connectivity index (χ0v) is 7.26. The van der Waals surface area contributed by atoms with Crippen LogP contribution in [0, 0.1) is 0 Å². The first-order chi connectivity index (χ1) is 6.42. The van der Waals surface area contributed by atoms with Crippen molar-refractivity contribution in [3.05, 3.63) is 23.0 Å². The Balaban J connectivity index is 3.03. The molecule has 14 heavy (non-hydrogen) atoms. The lowest BCUT2D eigenvalue weighted by Gasteiger charge is -2.09. The smallest absolute Gasteiger partial charge is 0.403 e. The highest BCUT2D eigenvalue weighted by atomic mass is 35.5. The van der Waals surface area contributed by atoms with Crippen molar-refractivity contribution in [1.29, 1.82) is 0 Å². The molecule has 0 aliphatic carbocycles. The van der Waals surface area contributed by atoms with E-state index in [4.69, 9.17) is 11.6 Å². The third-order valence-corrected chi connectivity index (χ3v) is 1.40. The molecule has 0 bridgehead atoms. The van der Waals surface area contributed by atoms with Crippen LogP contribution in [0.15, 0.2) is 12.1 Å². The van der Waals surface area contributed by atoms with Crippen molar-refractivity contribution in [2.75, 3.05) is 0 Å². The van der Waals surface area contributed by atoms with Gasteiger partial charge in [-0.15, -0.1) is 13.2 Å². The zero-order valence-electron chi connectivity index (χ0n) is 6.51. The summed E-state index contributed by atoms with van der Waals surface area (Å²) in [7, 11) is 0. The molecule has 0 aliphatic heterocycles. The van der Waals surface area contributed by atoms with Gasteiger partial charge < -0.3 is 4.74 Å². The van der Waals surface area contributed by atoms with Crippen LogP contribution in [0.5, 0.6) is 5.75 Å². The summed E-state index contributed by atoms with van der Waals surface area (Å²) in [6.07, 6.45) is -4.72. The minimum Gasteiger partial charge on any atom is -0.403 e. The van der Waals surface area contributed by atoms with E-state index in [1.54, 1.807) is 0 Å². The Hall–Kier alpha value is -1.30. The maximum absolute atomic E-state index is 11.8. The number of pyridine rings is 1. The summed E-state index contributed by atoms with van der Waals surface area (Å²) in [5, 5.41) is -0.0818. The zero-order chi connectivity index (χ0) is 10.8. The molecule has 0 spiro atoms. The van der Waals surface area contributed by atoms with Crippen LogP contribution in [0.3, 0.4) is 0 Å². The van der Waals surface area contributed by atoms with Crippen molar-refractivity contribution in [2.45, 2.75) is 6.36 Å². The van der Waals surface area contributed by atoms with Crippen molar-refractivity contribution in [2.24, 2.45) is 0 Å². The molecule has 7 heteroatoms. The van der Waals surface area contributed by atoms with Crippen LogP contribution in [0.2, 0.25) is 5.15 Å². The van der Waals surface area contributed by atoms with Gasteiger partial charge in [-0.2, -0.15) is 0 Å². The highest BCUT2D eigenvalue weighted by molar-refractivity contribution is 6.29. The molecule has 76 valence electrons. The number of ether oxygens (including phenoxy) is 1. The number of carbonyl (C=O) groups is 1. The lowest BCUT2D eigenvalue weighted by Crippen LogP contribution is -2.18. The maximum atomic E-state index is 11.8. The number of nitrogens with zero attached hydrogens (tertiary/aromatic N) is 1. The fourth-order valence-electron chi connectivity index (χ4n) is 0.733. The molecule has 1 aromatic heterocycles. The highest BCUT2D eigenvalue weighted by Crippen LogP contribution is 2.25. The first kappa shape index (κ1) is 10.8. The molecular formula is C7H3ClF3NO2. The van der Waals surface area contributed by atoms with Crippen LogP contribution in [-0.4, -0.2) is 17.6 Å². The Kier molecular flexibility index (Phi) is 2.95. The van der Waals surface area contributed by atoms with Crippen molar-refractivity contribution in [3.63, 3.8) is 0 Å². The topological polar surface area (TPSA) is 39.2 Å². The molecule has 0 aliphatic rings. The quantitative estimate of drug-likeness (QED) is 0.573. The molecule has 0 atom stereocenters. The molecule has 0 saturated heterocycles. The number of rotatable bonds is 2. The third-order valence-electron chi connectivity index (χ3n) is 1.19. The van der Waals surface area contributed by atoms with Gasteiger partial charge in [0.05, 0.1) is 0 Å². The molecule has 1 heterocycles. The van der Waals surface area contributed by atoms with Crippen LogP contribution in [-0.2, 0) is 0 Å². The van der Waals surface area contributed by atoms with Gasteiger partial charge >= 0.3 is 6.36 Å². The van der Waals surface area contributed by atoms with E-state index < -0.39 is 17.8 Å². The summed E-state index contributed by atoms with van der Waals surface area (Å²) in [6, 6.07) is 2.02. The van der Waals surface area contributed by atoms with Gasteiger partial charge in [0, 0.05) is 0 Å². The van der Waals surface area contributed by atoms with Gasteiger partial charge in [-0.1, -0.05) is 11.6 Å². The minimum absolute atomic E-state index is 0.0818. The first-order valence-electron chi connectivity index (χ1n) is 3.30. The van der Waals surface area contributed by atoms with Gasteiger partial charge in [0.15, 0.2) is 12.0 Å². The van der Waals surface area contributed by atoms with Gasteiger partial charge in [0.1, 0.15) is 10.8 Å². The number of halogens is 4. The molecule has 0 aromatic carbocycles. The number of hydrogen-bond donors (Lipinski definition) is 0. The van der Waals surface area contributed by atoms with E-state index in [9.17, 15) is 18.0 Å². The number of carbonyl (C=O) groups excluding carboxylic acids is 1. The van der Waals surface area contributed by atoms with Crippen molar-refractivity contribution < 1.29 is 22.7 Å². The summed E-state index contributed by atoms with van der Waals surface area (Å²) in [6.45, 7) is 0. The Morgan fingerprint density at radius 1 is 1.43 bits per heavy atom. The molecule has 0 saturated carbocycles. The van der Waals surface area contributed by atoms with Crippen LogP contribution in [0.25, 0.3) is 0 Å². The lowest BCUT2D eigenvalue weighted by atomic mass is 10.3. The van der Waals surface area contributed by atoms with E-state index >= 15 is 0 Å². The molecule has 0 unspecified atom stereocenters. The fourth-order valence-corrected chi connectivity index (χ4v) is 0.887. The molecule has 0 fully saturated rings. The standard InChI is InChI=1S/C7H3ClF3NO2/c8-6-2-1-5(4(3-13)12-6)14-7(9,10)11/h1-3H. The fraction of sp³-hybridized carbons (Fsp3) is 0.143. The van der Waals surface area contributed by atoms with Gasteiger partial charge in [0.25, 0.3) is 0 Å². The number of alkyl halides is 3. The molecule has 1 aromatic rings. The Labute approximate surface area is 81.5 Å². The Morgan fingerprint density at radius 2 is 2.07 bits per heavy atom. The predicted octanol–water partition coefficient (Wildman–Crippen LogP) is 2.45. The monoisotopic (exact) mass is 225 g/mol. The van der Waals surface area contributed by atoms with Crippen LogP contribution in [0.1, 0.15) is 10.5 Å². The van der Waals surface area contributed by atoms with Gasteiger partial charge in [-0.3, -0.25) is 4.79 Å². The van der Waals surface area contributed by atoms with Crippen LogP contribution >= 0.6 is 11.6 Å². The molecular weight excluding hydrogens is 223 g/mol. The number of hydrogen-bond acceptors (Lipinski definition) is 3. The molecule has 3 nitrogen and oxygen atoms in total. The maximum Gasteiger partial charge on any atom is 0.573 e. The molecule has 0 radical (unpaired) electrons. The highest BCUT2D eigenvalue weighted by Gasteiger charge is 2.32. The van der Waals surface area contributed by atoms with Crippen molar-refractivity contribution in [3.8, 4) is 5.75 Å². The van der Waals surface area contributed by atoms with Crippen molar-refractivity contribution in [1.82, 2.24) is 4.98 Å². The summed E-state index contributed by atoms with van der Waals surface area (Å²) >= 11 is 5.36. The SMILES string of the molecule is O=Cc1nc(Cl)ccc1OC(F)(F)F. The number of aldehydes is 1. The average Bonchev–Trinajstić information content (AvgIpc) is 2.06. The van der Waals surface area contributed by atoms with E-state index in [0.29, 0.717) is 0 Å². The number of aromatic nitrogens is 1. The summed E-state index contributed by atoms with van der Waals surface area (Å²) in [4.78, 5) is 13.6. The van der Waals surface area contributed by atoms with Crippen molar-refractivity contribution >= 4 is 17.9 Å². The molecule has 1 rings (SSSR count). The second kappa shape index (κ2) is 3.83. The normalized spacial score (nSPS) is 11.1. The Morgan fingerprint density at radius 3 is 2.57 bits per heavy atom. The van der Waals surface area contributed by atoms with Crippen LogP contribution < -0.4 is 4.74 Å². The largest absolute Gasteiger partial charge is 0.573 e. The average molecular weight is 226 g/mol. The predicted molar refractivity (Wildman–Crippen MR) is 41.3 cm³/mol. The molecule has 0 N–H and O–H groups in total. The third kappa shape index (κ3) is 2.88. The summed E-state index contributed by atoms with van der Waals surface area (Å²) in [5.74, 6) is -0.670. The van der Waals surface area contributed by atoms with Crippen LogP contribution in [0.4, 0.5) is 13.2 Å². The summed E-state index contributed by atoms with van der Waals surface area (Å²) < 4.78 is 38.8. The lowest BCUT2D eigenvalue weighted by molar-refractivity contribution is -0.274. The van der Waals surface area contributed by atoms with Gasteiger partial charge in [-0.05, 0) is 12.1 Å². The van der Waals surface area contributed by atoms with E-state index in [2.05, 4.69) is 9.72 Å². The summed E-state index contributed by atoms with van der Waals surface area (Å²) in [5.41, 5.74) is -0.491. The van der Waals surface area contributed by atoms with Gasteiger partial charge in [0.2, 0.25) is 0 Å². The minimum atomic E-state index is -4.85. The second-order valence-corrected chi connectivity index (χ2v) is 2.57. The van der Waals surface area contributed by atoms with E-state index in [1.165, 1.54) is 0 Å². The second-order valence-electron chi connectivity index (χ2n) is 2.18. The van der Waals surface area contributed by atoms with E-state index in [0.717, 1.165) is 12.1 Å². The van der Waals surface area contributed by atoms with E-state index in [1.807, 2.05) is 0 Å². The van der Waals surface area contributed by atoms with E-state index in [-0.39, 0.29) is 11.4 Å². The molecule has 0 amide bonds.